The summed E-state index contributed by atoms with van der Waals surface area (Å²) in [7, 11) is 0. The fourth-order valence-electron chi connectivity index (χ4n) is 2.81. The van der Waals surface area contributed by atoms with Crippen LogP contribution in [0.15, 0.2) is 48.5 Å². The minimum atomic E-state index is -0.529. The van der Waals surface area contributed by atoms with Gasteiger partial charge in [0.2, 0.25) is 5.91 Å². The number of anilines is 1. The second kappa shape index (κ2) is 7.17. The van der Waals surface area contributed by atoms with Gasteiger partial charge in [-0.3, -0.25) is 10.1 Å². The number of amides is 2. The summed E-state index contributed by atoms with van der Waals surface area (Å²) in [6, 6.07) is 14.7. The summed E-state index contributed by atoms with van der Waals surface area (Å²) in [5.41, 5.74) is 2.96. The molecule has 1 N–H and O–H groups in total. The molecule has 1 aliphatic rings. The first-order valence-corrected chi connectivity index (χ1v) is 8.09. The molecule has 0 unspecified atom stereocenters. The van der Waals surface area contributed by atoms with Gasteiger partial charge in [0.1, 0.15) is 5.75 Å². The molecule has 0 bridgehead atoms. The maximum atomic E-state index is 12.0. The van der Waals surface area contributed by atoms with E-state index in [0.29, 0.717) is 24.4 Å². The Hall–Kier alpha value is -2.82. The van der Waals surface area contributed by atoms with Crippen LogP contribution in [-0.4, -0.2) is 23.4 Å². The Kier molecular flexibility index (Phi) is 4.79. The fourth-order valence-corrected chi connectivity index (χ4v) is 2.81. The van der Waals surface area contributed by atoms with E-state index in [1.807, 2.05) is 36.1 Å². The number of carbonyl (C=O) groups is 2. The summed E-state index contributed by atoms with van der Waals surface area (Å²) in [5.74, 6) is 0.648. The number of carbonyl (C=O) groups excluding carboxylic acids is 2. The van der Waals surface area contributed by atoms with Crippen LogP contribution in [0.2, 0.25) is 0 Å². The van der Waals surface area contributed by atoms with Crippen LogP contribution in [0.5, 0.6) is 5.75 Å². The van der Waals surface area contributed by atoms with E-state index in [1.165, 1.54) is 5.56 Å². The number of nitrogens with zero attached hydrogens (tertiary/aromatic N) is 1. The molecule has 0 radical (unpaired) electrons. The van der Waals surface area contributed by atoms with E-state index in [1.54, 1.807) is 24.3 Å². The quantitative estimate of drug-likeness (QED) is 0.938. The molecule has 2 aromatic carbocycles. The van der Waals surface area contributed by atoms with Crippen molar-refractivity contribution in [3.8, 4) is 5.75 Å². The lowest BCUT2D eigenvalue weighted by atomic mass is 9.99. The summed E-state index contributed by atoms with van der Waals surface area (Å²) < 4.78 is 5.22. The molecule has 0 fully saturated rings. The molecule has 0 aromatic heterocycles. The van der Waals surface area contributed by atoms with Crippen molar-refractivity contribution in [2.75, 3.05) is 11.9 Å². The van der Waals surface area contributed by atoms with Crippen LogP contribution in [-0.2, 0) is 17.8 Å². The van der Waals surface area contributed by atoms with E-state index in [2.05, 4.69) is 5.32 Å². The van der Waals surface area contributed by atoms with E-state index < -0.39 is 6.09 Å². The highest BCUT2D eigenvalue weighted by Crippen LogP contribution is 2.23. The van der Waals surface area contributed by atoms with Crippen molar-refractivity contribution in [2.24, 2.45) is 0 Å². The minimum Gasteiger partial charge on any atom is -0.410 e. The summed E-state index contributed by atoms with van der Waals surface area (Å²) >= 11 is 0. The minimum absolute atomic E-state index is 0.155. The van der Waals surface area contributed by atoms with Crippen molar-refractivity contribution in [2.45, 2.75) is 26.3 Å². The number of benzene rings is 2. The highest BCUT2D eigenvalue weighted by molar-refractivity contribution is 5.86. The molecule has 0 atom stereocenters. The second-order valence-corrected chi connectivity index (χ2v) is 5.73. The van der Waals surface area contributed by atoms with Gasteiger partial charge in [-0.2, -0.15) is 0 Å². The standard InChI is InChI=1S/C19H20N2O3/c1-2-18(22)21-11-10-14-8-9-16(12-15(14)13-21)20-19(23)24-17-6-4-3-5-7-17/h3-9,12H,2,10-11,13H2,1H3,(H,20,23). The lowest BCUT2D eigenvalue weighted by Crippen LogP contribution is -2.35. The smallest absolute Gasteiger partial charge is 0.410 e. The van der Waals surface area contributed by atoms with Gasteiger partial charge in [0.05, 0.1) is 0 Å². The summed E-state index contributed by atoms with van der Waals surface area (Å²) in [6.45, 7) is 3.21. The Morgan fingerprint density at radius 2 is 1.92 bits per heavy atom. The molecule has 2 amide bonds. The van der Waals surface area contributed by atoms with Crippen molar-refractivity contribution in [1.82, 2.24) is 4.90 Å². The molecular weight excluding hydrogens is 304 g/mol. The first kappa shape index (κ1) is 16.1. The molecule has 3 rings (SSSR count). The van der Waals surface area contributed by atoms with Crippen molar-refractivity contribution >= 4 is 17.7 Å². The Morgan fingerprint density at radius 3 is 2.67 bits per heavy atom. The molecule has 0 saturated carbocycles. The molecule has 24 heavy (non-hydrogen) atoms. The third kappa shape index (κ3) is 3.74. The van der Waals surface area contributed by atoms with E-state index in [9.17, 15) is 9.59 Å². The number of fused-ring (bicyclic) bond motifs is 1. The Morgan fingerprint density at radius 1 is 1.12 bits per heavy atom. The summed E-state index contributed by atoms with van der Waals surface area (Å²) in [6.07, 6.45) is 0.824. The largest absolute Gasteiger partial charge is 0.417 e. The SMILES string of the molecule is CCC(=O)N1CCc2ccc(NC(=O)Oc3ccccc3)cc2C1. The van der Waals surface area contributed by atoms with Gasteiger partial charge in [0.25, 0.3) is 0 Å². The zero-order valence-corrected chi connectivity index (χ0v) is 13.6. The molecule has 5 heteroatoms. The molecule has 2 aromatic rings. The van der Waals surface area contributed by atoms with Crippen molar-refractivity contribution in [3.05, 3.63) is 59.7 Å². The number of rotatable bonds is 3. The van der Waals surface area contributed by atoms with Crippen molar-refractivity contribution in [3.63, 3.8) is 0 Å². The number of nitrogens with one attached hydrogen (secondary N) is 1. The lowest BCUT2D eigenvalue weighted by Gasteiger charge is -2.29. The van der Waals surface area contributed by atoms with Crippen LogP contribution >= 0.6 is 0 Å². The third-order valence-corrected chi connectivity index (χ3v) is 4.07. The van der Waals surface area contributed by atoms with Gasteiger partial charge in [0, 0.05) is 25.2 Å². The molecule has 0 saturated heterocycles. The maximum Gasteiger partial charge on any atom is 0.417 e. The van der Waals surface area contributed by atoms with Crippen LogP contribution in [0.25, 0.3) is 0 Å². The first-order valence-electron chi connectivity index (χ1n) is 8.09. The van der Waals surface area contributed by atoms with Crippen molar-refractivity contribution in [1.29, 1.82) is 0 Å². The van der Waals surface area contributed by atoms with Crippen LogP contribution in [0.3, 0.4) is 0 Å². The highest BCUT2D eigenvalue weighted by Gasteiger charge is 2.20. The van der Waals surface area contributed by atoms with Crippen LogP contribution in [0.1, 0.15) is 24.5 Å². The lowest BCUT2D eigenvalue weighted by molar-refractivity contribution is -0.131. The third-order valence-electron chi connectivity index (χ3n) is 4.07. The molecule has 1 aliphatic heterocycles. The van der Waals surface area contributed by atoms with Crippen LogP contribution in [0, 0.1) is 0 Å². The Balaban J connectivity index is 1.67. The van der Waals surface area contributed by atoms with Gasteiger partial charge in [-0.05, 0) is 41.8 Å². The van der Waals surface area contributed by atoms with Crippen LogP contribution < -0.4 is 10.1 Å². The second-order valence-electron chi connectivity index (χ2n) is 5.73. The Bertz CT molecular complexity index is 744. The van der Waals surface area contributed by atoms with Gasteiger partial charge >= 0.3 is 6.09 Å². The monoisotopic (exact) mass is 324 g/mol. The van der Waals surface area contributed by atoms with Crippen molar-refractivity contribution < 1.29 is 14.3 Å². The fraction of sp³-hybridized carbons (Fsp3) is 0.263. The van der Waals surface area contributed by atoms with Gasteiger partial charge < -0.3 is 9.64 Å². The molecule has 1 heterocycles. The van der Waals surface area contributed by atoms with E-state index >= 15 is 0 Å². The van der Waals surface area contributed by atoms with E-state index in [4.69, 9.17) is 4.74 Å². The van der Waals surface area contributed by atoms with E-state index in [0.717, 1.165) is 18.5 Å². The Labute approximate surface area is 141 Å². The number of ether oxygens (including phenoxy) is 1. The zero-order chi connectivity index (χ0) is 16.9. The molecule has 5 nitrogen and oxygen atoms in total. The molecular formula is C19H20N2O3. The normalized spacial score (nSPS) is 13.1. The average molecular weight is 324 g/mol. The van der Waals surface area contributed by atoms with Gasteiger partial charge in [-0.25, -0.2) is 4.79 Å². The molecule has 124 valence electrons. The highest BCUT2D eigenvalue weighted by atomic mass is 16.6. The number of hydrogen-bond donors (Lipinski definition) is 1. The summed E-state index contributed by atoms with van der Waals surface area (Å²) in [4.78, 5) is 25.7. The van der Waals surface area contributed by atoms with Gasteiger partial charge in [-0.1, -0.05) is 31.2 Å². The predicted molar refractivity (Wildman–Crippen MR) is 91.9 cm³/mol. The molecule has 0 spiro atoms. The number of para-hydroxylation sites is 1. The summed E-state index contributed by atoms with van der Waals surface area (Å²) in [5, 5.41) is 2.73. The first-order chi connectivity index (χ1) is 11.7. The van der Waals surface area contributed by atoms with E-state index in [-0.39, 0.29) is 5.91 Å². The van der Waals surface area contributed by atoms with Gasteiger partial charge in [-0.15, -0.1) is 0 Å². The van der Waals surface area contributed by atoms with Crippen LogP contribution in [0.4, 0.5) is 10.5 Å². The molecule has 0 aliphatic carbocycles. The average Bonchev–Trinajstić information content (AvgIpc) is 2.61. The number of hydrogen-bond acceptors (Lipinski definition) is 3. The predicted octanol–water partition coefficient (Wildman–Crippen LogP) is 3.59. The zero-order valence-electron chi connectivity index (χ0n) is 13.6. The van der Waals surface area contributed by atoms with Gasteiger partial charge in [0.15, 0.2) is 0 Å². The maximum absolute atomic E-state index is 12.0. The topological polar surface area (TPSA) is 58.6 Å².